The van der Waals surface area contributed by atoms with E-state index in [1.165, 1.54) is 0 Å². The number of fused-ring (bicyclic) bond motifs is 1. The van der Waals surface area contributed by atoms with E-state index in [0.29, 0.717) is 38.3 Å². The van der Waals surface area contributed by atoms with E-state index in [9.17, 15) is 9.59 Å². The minimum atomic E-state index is -0.632. The van der Waals surface area contributed by atoms with Crippen molar-refractivity contribution in [3.63, 3.8) is 0 Å². The third kappa shape index (κ3) is 4.42. The van der Waals surface area contributed by atoms with Crippen LogP contribution in [0, 0.1) is 5.92 Å². The number of nitrogens with one attached hydrogen (secondary N) is 2. The second-order valence-corrected chi connectivity index (χ2v) is 7.27. The number of halogens is 2. The van der Waals surface area contributed by atoms with Crippen molar-refractivity contribution in [3.8, 4) is 0 Å². The Labute approximate surface area is 167 Å². The van der Waals surface area contributed by atoms with Crippen molar-refractivity contribution < 1.29 is 9.59 Å². The molecular weight excluding hydrogens is 375 g/mol. The SMILES string of the molecule is CC(C)C[C@H](N)C(=O)N1CCC2(CC1)Nc1ccccc1NC2=O.Cl.Cl. The Morgan fingerprint density at radius 2 is 1.77 bits per heavy atom. The van der Waals surface area contributed by atoms with Gasteiger partial charge in [0, 0.05) is 13.1 Å². The topological polar surface area (TPSA) is 87.5 Å². The number of carbonyl (C=O) groups excluding carboxylic acids is 2. The molecule has 1 aromatic rings. The van der Waals surface area contributed by atoms with Crippen LogP contribution in [0.5, 0.6) is 0 Å². The van der Waals surface area contributed by atoms with Gasteiger partial charge in [0.2, 0.25) is 11.8 Å². The normalized spacial score (nSPS) is 18.8. The van der Waals surface area contributed by atoms with Crippen LogP contribution in [0.15, 0.2) is 24.3 Å². The molecule has 1 aromatic carbocycles. The zero-order valence-corrected chi connectivity index (χ0v) is 16.8. The van der Waals surface area contributed by atoms with Crippen molar-refractivity contribution in [2.45, 2.75) is 44.7 Å². The number of para-hydroxylation sites is 2. The van der Waals surface area contributed by atoms with E-state index in [1.54, 1.807) is 4.90 Å². The van der Waals surface area contributed by atoms with Gasteiger partial charge < -0.3 is 21.3 Å². The van der Waals surface area contributed by atoms with E-state index in [4.69, 9.17) is 5.73 Å². The quantitative estimate of drug-likeness (QED) is 0.724. The zero-order valence-electron chi connectivity index (χ0n) is 15.2. The minimum absolute atomic E-state index is 0. The van der Waals surface area contributed by atoms with Crippen LogP contribution in [0.25, 0.3) is 0 Å². The van der Waals surface area contributed by atoms with E-state index < -0.39 is 11.6 Å². The van der Waals surface area contributed by atoms with Gasteiger partial charge >= 0.3 is 0 Å². The lowest BCUT2D eigenvalue weighted by molar-refractivity contribution is -0.136. The largest absolute Gasteiger partial charge is 0.369 e. The summed E-state index contributed by atoms with van der Waals surface area (Å²) in [4.78, 5) is 26.9. The summed E-state index contributed by atoms with van der Waals surface area (Å²) in [6.07, 6.45) is 1.87. The molecule has 0 unspecified atom stereocenters. The molecule has 2 aliphatic heterocycles. The monoisotopic (exact) mass is 402 g/mol. The molecule has 3 rings (SSSR count). The molecule has 0 aromatic heterocycles. The molecule has 1 spiro atoms. The lowest BCUT2D eigenvalue weighted by Gasteiger charge is -2.44. The van der Waals surface area contributed by atoms with Gasteiger partial charge in [0.1, 0.15) is 5.54 Å². The Balaban J connectivity index is 0.00000169. The van der Waals surface area contributed by atoms with Crippen LogP contribution in [0.2, 0.25) is 0 Å². The Morgan fingerprint density at radius 3 is 2.35 bits per heavy atom. The number of nitrogens with zero attached hydrogens (tertiary/aromatic N) is 1. The summed E-state index contributed by atoms with van der Waals surface area (Å²) >= 11 is 0. The summed E-state index contributed by atoms with van der Waals surface area (Å²) < 4.78 is 0. The van der Waals surface area contributed by atoms with Crippen molar-refractivity contribution in [3.05, 3.63) is 24.3 Å². The van der Waals surface area contributed by atoms with Gasteiger partial charge in [-0.25, -0.2) is 0 Å². The standard InChI is InChI=1S/C18H26N4O2.2ClH/c1-12(2)11-13(19)16(23)22-9-7-18(8-10-22)17(24)20-14-5-3-4-6-15(14)21-18;;/h3-6,12-13,21H,7-11,19H2,1-2H3,(H,20,24);2*1H/t13-;;/m0../s1. The van der Waals surface area contributed by atoms with Gasteiger partial charge in [-0.2, -0.15) is 0 Å². The lowest BCUT2D eigenvalue weighted by Crippen LogP contribution is -2.60. The first-order chi connectivity index (χ1) is 11.4. The van der Waals surface area contributed by atoms with Crippen LogP contribution in [-0.2, 0) is 9.59 Å². The molecule has 26 heavy (non-hydrogen) atoms. The van der Waals surface area contributed by atoms with Crippen LogP contribution in [0.4, 0.5) is 11.4 Å². The lowest BCUT2D eigenvalue weighted by atomic mass is 9.84. The average molecular weight is 403 g/mol. The van der Waals surface area contributed by atoms with Crippen LogP contribution in [0.1, 0.15) is 33.1 Å². The molecule has 2 aliphatic rings. The van der Waals surface area contributed by atoms with Gasteiger partial charge in [-0.15, -0.1) is 24.8 Å². The van der Waals surface area contributed by atoms with E-state index in [1.807, 2.05) is 24.3 Å². The van der Waals surface area contributed by atoms with Gasteiger partial charge in [0.25, 0.3) is 0 Å². The molecule has 8 heteroatoms. The first-order valence-corrected chi connectivity index (χ1v) is 8.64. The Kier molecular flexibility index (Phi) is 7.74. The maximum Gasteiger partial charge on any atom is 0.250 e. The molecule has 0 radical (unpaired) electrons. The molecule has 2 heterocycles. The van der Waals surface area contributed by atoms with Crippen molar-refractivity contribution in [2.24, 2.45) is 11.7 Å². The molecule has 0 saturated carbocycles. The van der Waals surface area contributed by atoms with Crippen LogP contribution in [0.3, 0.4) is 0 Å². The van der Waals surface area contributed by atoms with Crippen LogP contribution < -0.4 is 16.4 Å². The average Bonchev–Trinajstić information content (AvgIpc) is 2.55. The van der Waals surface area contributed by atoms with Gasteiger partial charge in [-0.1, -0.05) is 26.0 Å². The summed E-state index contributed by atoms with van der Waals surface area (Å²) in [6.45, 7) is 5.22. The second-order valence-electron chi connectivity index (χ2n) is 7.27. The highest BCUT2D eigenvalue weighted by atomic mass is 35.5. The van der Waals surface area contributed by atoms with Crippen molar-refractivity contribution >= 4 is 48.0 Å². The maximum absolute atomic E-state index is 12.6. The predicted molar refractivity (Wildman–Crippen MR) is 109 cm³/mol. The predicted octanol–water partition coefficient (Wildman–Crippen LogP) is 2.63. The minimum Gasteiger partial charge on any atom is -0.369 e. The van der Waals surface area contributed by atoms with Crippen LogP contribution >= 0.6 is 24.8 Å². The summed E-state index contributed by atoms with van der Waals surface area (Å²) in [5, 5.41) is 6.39. The molecule has 0 bridgehead atoms. The molecule has 1 atom stereocenters. The highest BCUT2D eigenvalue weighted by Crippen LogP contribution is 2.36. The maximum atomic E-state index is 12.6. The second kappa shape index (κ2) is 8.93. The Morgan fingerprint density at radius 1 is 1.19 bits per heavy atom. The number of benzene rings is 1. The Bertz CT molecular complexity index is 646. The first kappa shape index (κ1) is 22.5. The number of hydrogen-bond acceptors (Lipinski definition) is 4. The van der Waals surface area contributed by atoms with E-state index in [2.05, 4.69) is 24.5 Å². The fourth-order valence-electron chi connectivity index (χ4n) is 3.56. The highest BCUT2D eigenvalue weighted by Gasteiger charge is 2.45. The fourth-order valence-corrected chi connectivity index (χ4v) is 3.56. The molecule has 6 nitrogen and oxygen atoms in total. The number of anilines is 2. The van der Waals surface area contributed by atoms with Crippen molar-refractivity contribution in [1.82, 2.24) is 4.90 Å². The summed E-state index contributed by atoms with van der Waals surface area (Å²) in [7, 11) is 0. The molecule has 1 fully saturated rings. The van der Waals surface area contributed by atoms with Gasteiger partial charge in [0.05, 0.1) is 17.4 Å². The van der Waals surface area contributed by atoms with Crippen molar-refractivity contribution in [1.29, 1.82) is 0 Å². The summed E-state index contributed by atoms with van der Waals surface area (Å²) in [6, 6.07) is 7.24. The zero-order chi connectivity index (χ0) is 17.3. The smallest absolute Gasteiger partial charge is 0.250 e. The number of likely N-dealkylation sites (tertiary alicyclic amines) is 1. The first-order valence-electron chi connectivity index (χ1n) is 8.64. The number of hydrogen-bond donors (Lipinski definition) is 3. The molecule has 146 valence electrons. The summed E-state index contributed by atoms with van der Waals surface area (Å²) in [5.74, 6) is 0.373. The number of nitrogens with two attached hydrogens (primary N) is 1. The number of amides is 2. The Hall–Kier alpha value is -1.50. The third-order valence-corrected chi connectivity index (χ3v) is 4.96. The van der Waals surface area contributed by atoms with E-state index >= 15 is 0 Å². The summed E-state index contributed by atoms with van der Waals surface area (Å²) in [5.41, 5.74) is 7.14. The molecule has 2 amide bonds. The number of piperidine rings is 1. The van der Waals surface area contributed by atoms with Crippen LogP contribution in [-0.4, -0.2) is 41.4 Å². The van der Waals surface area contributed by atoms with Gasteiger partial charge in [-0.3, -0.25) is 9.59 Å². The van der Waals surface area contributed by atoms with Gasteiger partial charge in [0.15, 0.2) is 0 Å². The highest BCUT2D eigenvalue weighted by molar-refractivity contribution is 6.06. The molecular formula is C18H28Cl2N4O2. The molecule has 4 N–H and O–H groups in total. The fraction of sp³-hybridized carbons (Fsp3) is 0.556. The van der Waals surface area contributed by atoms with Gasteiger partial charge in [-0.05, 0) is 37.3 Å². The molecule has 0 aliphatic carbocycles. The third-order valence-electron chi connectivity index (χ3n) is 4.96. The number of rotatable bonds is 3. The van der Waals surface area contributed by atoms with E-state index in [0.717, 1.165) is 11.4 Å². The molecule has 1 saturated heterocycles. The van der Waals surface area contributed by atoms with Crippen molar-refractivity contribution in [2.75, 3.05) is 23.7 Å². The number of carbonyl (C=O) groups is 2. The van der Waals surface area contributed by atoms with E-state index in [-0.39, 0.29) is 36.6 Å².